The van der Waals surface area contributed by atoms with Crippen molar-refractivity contribution in [2.75, 3.05) is 24.6 Å². The average Bonchev–Trinajstić information content (AvgIpc) is 3.50. The van der Waals surface area contributed by atoms with Gasteiger partial charge in [-0.15, -0.1) is 0 Å². The highest BCUT2D eigenvalue weighted by Gasteiger charge is 2.23. The van der Waals surface area contributed by atoms with Crippen LogP contribution in [0.4, 0.5) is 5.82 Å². The number of H-pyrrole nitrogens is 1. The molecule has 4 heterocycles. The molecule has 0 spiro atoms. The van der Waals surface area contributed by atoms with Crippen LogP contribution in [0.2, 0.25) is 0 Å². The maximum absolute atomic E-state index is 9.65. The first kappa shape index (κ1) is 19.7. The summed E-state index contributed by atoms with van der Waals surface area (Å²) >= 11 is 0. The van der Waals surface area contributed by atoms with E-state index in [1.54, 1.807) is 6.33 Å². The van der Waals surface area contributed by atoms with Gasteiger partial charge in [0, 0.05) is 37.4 Å². The molecule has 0 amide bonds. The summed E-state index contributed by atoms with van der Waals surface area (Å²) in [7, 11) is 0. The first-order chi connectivity index (χ1) is 15.8. The van der Waals surface area contributed by atoms with E-state index in [9.17, 15) is 5.11 Å². The minimum absolute atomic E-state index is 0.232. The van der Waals surface area contributed by atoms with Crippen molar-refractivity contribution >= 4 is 27.9 Å². The number of anilines is 1. The number of rotatable bonds is 4. The van der Waals surface area contributed by atoms with Crippen LogP contribution in [-0.2, 0) is 0 Å². The van der Waals surface area contributed by atoms with Crippen molar-refractivity contribution in [3.05, 3.63) is 36.9 Å². The highest BCUT2D eigenvalue weighted by molar-refractivity contribution is 5.93. The third-order valence-electron chi connectivity index (χ3n) is 7.31. The summed E-state index contributed by atoms with van der Waals surface area (Å²) in [5, 5.41) is 9.65. The van der Waals surface area contributed by atoms with Crippen LogP contribution in [0, 0.1) is 5.92 Å². The van der Waals surface area contributed by atoms with Crippen LogP contribution >= 0.6 is 0 Å². The number of aromatic amines is 1. The molecule has 1 atom stereocenters. The van der Waals surface area contributed by atoms with E-state index >= 15 is 0 Å². The minimum Gasteiger partial charge on any atom is -0.396 e. The van der Waals surface area contributed by atoms with Crippen molar-refractivity contribution in [2.45, 2.75) is 51.0 Å². The summed E-state index contributed by atoms with van der Waals surface area (Å²) in [5.74, 6) is 1.26. The molecule has 1 aliphatic heterocycles. The van der Waals surface area contributed by atoms with Gasteiger partial charge in [-0.1, -0.05) is 25.3 Å². The largest absolute Gasteiger partial charge is 0.396 e. The van der Waals surface area contributed by atoms with Gasteiger partial charge in [-0.25, -0.2) is 15.0 Å². The summed E-state index contributed by atoms with van der Waals surface area (Å²) in [4.78, 5) is 20.0. The standard InChI is InChI=1S/C25H30N6O/c32-14-17-5-4-10-30(13-17)23-12-21-25(27-15-26-21)24(29-23)18-8-9-22-20(11-18)28-16-31(22)19-6-2-1-3-7-19/h8-9,11-12,15-17,19,32H,1-7,10,13-14H2,(H,26,27). The molecule has 1 saturated heterocycles. The molecule has 32 heavy (non-hydrogen) atoms. The molecule has 2 aliphatic rings. The fourth-order valence-electron chi connectivity index (χ4n) is 5.55. The van der Waals surface area contributed by atoms with Gasteiger partial charge in [0.1, 0.15) is 17.0 Å². The molecule has 4 aromatic rings. The monoisotopic (exact) mass is 430 g/mol. The maximum Gasteiger partial charge on any atom is 0.131 e. The third kappa shape index (κ3) is 3.45. The number of aromatic nitrogens is 5. The molecular formula is C25H30N6O. The predicted octanol–water partition coefficient (Wildman–Crippen LogP) is 4.69. The Bertz CT molecular complexity index is 1240. The molecule has 2 fully saturated rings. The number of aliphatic hydroxyl groups excluding tert-OH is 1. The minimum atomic E-state index is 0.232. The van der Waals surface area contributed by atoms with Crippen LogP contribution in [0.3, 0.4) is 0 Å². The first-order valence-electron chi connectivity index (χ1n) is 12.0. The van der Waals surface area contributed by atoms with E-state index in [1.165, 1.54) is 37.6 Å². The van der Waals surface area contributed by atoms with Gasteiger partial charge in [0.05, 0.1) is 29.2 Å². The molecule has 0 bridgehead atoms. The SMILES string of the molecule is OCC1CCCN(c2cc3[nH]cnc3c(-c3ccc4c(c3)ncn4C3CCCCC3)n2)C1. The van der Waals surface area contributed by atoms with Gasteiger partial charge in [0.25, 0.3) is 0 Å². The highest BCUT2D eigenvalue weighted by Crippen LogP contribution is 2.34. The Morgan fingerprint density at radius 3 is 2.81 bits per heavy atom. The summed E-state index contributed by atoms with van der Waals surface area (Å²) in [5.41, 5.74) is 6.03. The second-order valence-corrected chi connectivity index (χ2v) is 9.41. The second kappa shape index (κ2) is 8.20. The number of hydrogen-bond acceptors (Lipinski definition) is 5. The lowest BCUT2D eigenvalue weighted by atomic mass is 9.95. The fraction of sp³-hybridized carbons (Fsp3) is 0.480. The van der Waals surface area contributed by atoms with E-state index < -0.39 is 0 Å². The van der Waals surface area contributed by atoms with Crippen LogP contribution in [0.15, 0.2) is 36.9 Å². The van der Waals surface area contributed by atoms with Crippen LogP contribution < -0.4 is 4.90 Å². The summed E-state index contributed by atoms with van der Waals surface area (Å²) in [6, 6.07) is 9.17. The van der Waals surface area contributed by atoms with Gasteiger partial charge in [0.2, 0.25) is 0 Å². The zero-order valence-electron chi connectivity index (χ0n) is 18.4. The van der Waals surface area contributed by atoms with Gasteiger partial charge < -0.3 is 19.6 Å². The average molecular weight is 431 g/mol. The lowest BCUT2D eigenvalue weighted by Crippen LogP contribution is -2.37. The Hall–Kier alpha value is -2.93. The van der Waals surface area contributed by atoms with Crippen molar-refractivity contribution < 1.29 is 5.11 Å². The molecule has 1 aromatic carbocycles. The molecule has 0 radical (unpaired) electrons. The van der Waals surface area contributed by atoms with E-state index in [4.69, 9.17) is 9.97 Å². The summed E-state index contributed by atoms with van der Waals surface area (Å²) < 4.78 is 2.37. The van der Waals surface area contributed by atoms with Crippen molar-refractivity contribution in [2.24, 2.45) is 5.92 Å². The number of benzene rings is 1. The Labute approximate surface area is 187 Å². The van der Waals surface area contributed by atoms with E-state index in [0.717, 1.165) is 59.6 Å². The normalized spacial score (nSPS) is 20.4. The van der Waals surface area contributed by atoms with Crippen LogP contribution in [0.25, 0.3) is 33.3 Å². The van der Waals surface area contributed by atoms with Crippen molar-refractivity contribution in [3.63, 3.8) is 0 Å². The fourth-order valence-corrected chi connectivity index (χ4v) is 5.55. The molecule has 7 nitrogen and oxygen atoms in total. The van der Waals surface area contributed by atoms with E-state index in [1.807, 2.05) is 6.33 Å². The number of pyridine rings is 1. The van der Waals surface area contributed by atoms with Gasteiger partial charge in [-0.2, -0.15) is 0 Å². The Kier molecular flexibility index (Phi) is 5.06. The lowest BCUT2D eigenvalue weighted by molar-refractivity contribution is 0.208. The van der Waals surface area contributed by atoms with Crippen molar-refractivity contribution in [3.8, 4) is 11.3 Å². The van der Waals surface area contributed by atoms with E-state index in [-0.39, 0.29) is 6.61 Å². The van der Waals surface area contributed by atoms with Crippen molar-refractivity contribution in [1.29, 1.82) is 0 Å². The Morgan fingerprint density at radius 2 is 1.94 bits per heavy atom. The van der Waals surface area contributed by atoms with Crippen LogP contribution in [0.5, 0.6) is 0 Å². The highest BCUT2D eigenvalue weighted by atomic mass is 16.3. The van der Waals surface area contributed by atoms with Gasteiger partial charge in [-0.05, 0) is 43.7 Å². The molecule has 166 valence electrons. The zero-order chi connectivity index (χ0) is 21.5. The molecular weight excluding hydrogens is 400 g/mol. The number of hydrogen-bond donors (Lipinski definition) is 2. The molecule has 1 aliphatic carbocycles. The van der Waals surface area contributed by atoms with Gasteiger partial charge >= 0.3 is 0 Å². The molecule has 3 aromatic heterocycles. The quantitative estimate of drug-likeness (QED) is 0.491. The van der Waals surface area contributed by atoms with E-state index in [0.29, 0.717) is 12.0 Å². The Balaban J connectivity index is 1.40. The van der Waals surface area contributed by atoms with Crippen LogP contribution in [0.1, 0.15) is 51.0 Å². The number of aliphatic hydroxyl groups is 1. The topological polar surface area (TPSA) is 82.9 Å². The number of fused-ring (bicyclic) bond motifs is 2. The number of imidazole rings is 2. The molecule has 2 N–H and O–H groups in total. The Morgan fingerprint density at radius 1 is 1.03 bits per heavy atom. The predicted molar refractivity (Wildman–Crippen MR) is 127 cm³/mol. The van der Waals surface area contributed by atoms with Gasteiger partial charge in [-0.3, -0.25) is 0 Å². The third-order valence-corrected chi connectivity index (χ3v) is 7.31. The lowest BCUT2D eigenvalue weighted by Gasteiger charge is -2.33. The number of nitrogens with one attached hydrogen (secondary N) is 1. The molecule has 6 rings (SSSR count). The second-order valence-electron chi connectivity index (χ2n) is 9.41. The van der Waals surface area contributed by atoms with Gasteiger partial charge in [0.15, 0.2) is 0 Å². The van der Waals surface area contributed by atoms with Crippen LogP contribution in [-0.4, -0.2) is 49.3 Å². The molecule has 1 saturated carbocycles. The number of piperidine rings is 1. The summed E-state index contributed by atoms with van der Waals surface area (Å²) in [6.45, 7) is 2.04. The van der Waals surface area contributed by atoms with E-state index in [2.05, 4.69) is 43.7 Å². The summed E-state index contributed by atoms with van der Waals surface area (Å²) in [6.07, 6.45) is 12.4. The molecule has 1 unspecified atom stereocenters. The molecule has 7 heteroatoms. The van der Waals surface area contributed by atoms with Crippen molar-refractivity contribution in [1.82, 2.24) is 24.5 Å². The maximum atomic E-state index is 9.65. The zero-order valence-corrected chi connectivity index (χ0v) is 18.4. The smallest absolute Gasteiger partial charge is 0.131 e. The number of nitrogens with zero attached hydrogens (tertiary/aromatic N) is 5. The first-order valence-corrected chi connectivity index (χ1v) is 12.0.